The third-order valence-electron chi connectivity index (χ3n) is 2.95. The lowest BCUT2D eigenvalue weighted by Crippen LogP contribution is -2.26. The highest BCUT2D eigenvalue weighted by molar-refractivity contribution is 9.10. The number of halogens is 2. The van der Waals surface area contributed by atoms with Gasteiger partial charge in [0.2, 0.25) is 10.0 Å². The maximum atomic E-state index is 12.6. The second-order valence-corrected chi connectivity index (χ2v) is 8.00. The third-order valence-corrected chi connectivity index (χ3v) is 6.38. The Balaban J connectivity index is 2.30. The summed E-state index contributed by atoms with van der Waals surface area (Å²) in [5.74, 6) is 0.412. The fraction of sp³-hybridized carbons (Fsp3) is 0.231. The summed E-state index contributed by atoms with van der Waals surface area (Å²) in [5.41, 5.74) is 6.34. The molecular formula is C13H14Br2N2O3S. The first-order valence-corrected chi connectivity index (χ1v) is 9.07. The molecule has 0 atom stereocenters. The normalized spacial score (nSPS) is 12.0. The van der Waals surface area contributed by atoms with Crippen LogP contribution in [-0.2, 0) is 23.1 Å². The van der Waals surface area contributed by atoms with E-state index in [9.17, 15) is 8.42 Å². The van der Waals surface area contributed by atoms with Gasteiger partial charge in [-0.25, -0.2) is 8.42 Å². The summed E-state index contributed by atoms with van der Waals surface area (Å²) in [6, 6.07) is 8.92. The molecule has 0 aliphatic heterocycles. The van der Waals surface area contributed by atoms with E-state index in [2.05, 4.69) is 31.9 Å². The van der Waals surface area contributed by atoms with Crippen LogP contribution in [0.15, 0.2) is 48.8 Å². The molecule has 0 radical (unpaired) electrons. The zero-order valence-electron chi connectivity index (χ0n) is 11.2. The van der Waals surface area contributed by atoms with Gasteiger partial charge in [-0.3, -0.25) is 0 Å². The molecule has 114 valence electrons. The molecule has 0 bridgehead atoms. The summed E-state index contributed by atoms with van der Waals surface area (Å²) in [7, 11) is -2.13. The van der Waals surface area contributed by atoms with Crippen molar-refractivity contribution in [2.45, 2.75) is 18.0 Å². The van der Waals surface area contributed by atoms with Crippen LogP contribution in [0.2, 0.25) is 0 Å². The first kappa shape index (κ1) is 16.7. The lowest BCUT2D eigenvalue weighted by Gasteiger charge is -2.17. The molecule has 5 nitrogen and oxygen atoms in total. The number of rotatable bonds is 5. The Bertz CT molecular complexity index is 744. The Morgan fingerprint density at radius 2 is 1.95 bits per heavy atom. The molecule has 8 heteroatoms. The number of hydrogen-bond acceptors (Lipinski definition) is 4. The van der Waals surface area contributed by atoms with Gasteiger partial charge in [0.1, 0.15) is 10.7 Å². The van der Waals surface area contributed by atoms with Gasteiger partial charge in [0.25, 0.3) is 0 Å². The van der Waals surface area contributed by atoms with Gasteiger partial charge in [0, 0.05) is 24.1 Å². The van der Waals surface area contributed by atoms with Gasteiger partial charge < -0.3 is 10.2 Å². The molecule has 2 aromatic rings. The fourth-order valence-electron chi connectivity index (χ4n) is 1.79. The predicted molar refractivity (Wildman–Crippen MR) is 87.1 cm³/mol. The van der Waals surface area contributed by atoms with Gasteiger partial charge in [-0.15, -0.1) is 0 Å². The van der Waals surface area contributed by atoms with E-state index < -0.39 is 10.0 Å². The van der Waals surface area contributed by atoms with Crippen LogP contribution in [0.3, 0.4) is 0 Å². The monoisotopic (exact) mass is 436 g/mol. The van der Waals surface area contributed by atoms with Crippen molar-refractivity contribution in [3.8, 4) is 0 Å². The minimum atomic E-state index is -3.66. The van der Waals surface area contributed by atoms with Crippen LogP contribution in [0.4, 0.5) is 0 Å². The molecular weight excluding hydrogens is 424 g/mol. The Labute approximate surface area is 140 Å². The van der Waals surface area contributed by atoms with Crippen LogP contribution in [0.5, 0.6) is 0 Å². The van der Waals surface area contributed by atoms with E-state index in [-0.39, 0.29) is 22.7 Å². The largest absolute Gasteiger partial charge is 0.452 e. The summed E-state index contributed by atoms with van der Waals surface area (Å²) in [4.78, 5) is 0.0810. The lowest BCUT2D eigenvalue weighted by atomic mass is 10.2. The topological polar surface area (TPSA) is 76.5 Å². The van der Waals surface area contributed by atoms with Crippen molar-refractivity contribution >= 4 is 41.9 Å². The molecule has 0 aliphatic carbocycles. The molecule has 0 saturated heterocycles. The molecule has 0 saturated carbocycles. The molecule has 21 heavy (non-hydrogen) atoms. The van der Waals surface area contributed by atoms with Crippen molar-refractivity contribution in [2.75, 3.05) is 7.05 Å². The van der Waals surface area contributed by atoms with Gasteiger partial charge in [0.15, 0.2) is 4.67 Å². The molecule has 1 aromatic carbocycles. The molecule has 2 N–H and O–H groups in total. The zero-order chi connectivity index (χ0) is 15.6. The summed E-state index contributed by atoms with van der Waals surface area (Å²) in [5, 5.41) is 0. The number of furan rings is 1. The Kier molecular flexibility index (Phi) is 5.26. The smallest absolute Gasteiger partial charge is 0.247 e. The van der Waals surface area contributed by atoms with Gasteiger partial charge in [-0.1, -0.05) is 34.1 Å². The van der Waals surface area contributed by atoms with Gasteiger partial charge in [-0.2, -0.15) is 4.31 Å². The van der Waals surface area contributed by atoms with E-state index in [1.54, 1.807) is 0 Å². The third kappa shape index (κ3) is 3.57. The molecule has 0 unspecified atom stereocenters. The van der Waals surface area contributed by atoms with E-state index in [0.717, 1.165) is 10.0 Å². The molecule has 0 amide bonds. The molecule has 1 aromatic heterocycles. The average molecular weight is 438 g/mol. The molecule has 0 fully saturated rings. The van der Waals surface area contributed by atoms with Crippen molar-refractivity contribution in [1.82, 2.24) is 4.31 Å². The van der Waals surface area contributed by atoms with Crippen LogP contribution >= 0.6 is 31.9 Å². The van der Waals surface area contributed by atoms with Crippen molar-refractivity contribution in [2.24, 2.45) is 5.73 Å². The van der Waals surface area contributed by atoms with Crippen molar-refractivity contribution < 1.29 is 12.8 Å². The lowest BCUT2D eigenvalue weighted by molar-refractivity contribution is 0.457. The minimum absolute atomic E-state index is 0.0810. The van der Waals surface area contributed by atoms with E-state index in [4.69, 9.17) is 10.2 Å². The van der Waals surface area contributed by atoms with Crippen LogP contribution < -0.4 is 5.73 Å². The number of nitrogens with zero attached hydrogens (tertiary/aromatic N) is 1. The first-order valence-electron chi connectivity index (χ1n) is 6.04. The summed E-state index contributed by atoms with van der Waals surface area (Å²) in [6.07, 6.45) is 0. The van der Waals surface area contributed by atoms with Crippen molar-refractivity contribution in [1.29, 1.82) is 0 Å². The fourth-order valence-corrected chi connectivity index (χ4v) is 4.31. The van der Waals surface area contributed by atoms with E-state index in [1.165, 1.54) is 17.4 Å². The summed E-state index contributed by atoms with van der Waals surface area (Å²) < 4.78 is 32.7. The Morgan fingerprint density at radius 1 is 1.29 bits per heavy atom. The van der Waals surface area contributed by atoms with Crippen LogP contribution in [0.1, 0.15) is 11.3 Å². The quantitative estimate of drug-likeness (QED) is 0.779. The molecule has 0 spiro atoms. The predicted octanol–water partition coefficient (Wildman–Crippen LogP) is 3.08. The Morgan fingerprint density at radius 3 is 2.52 bits per heavy atom. The van der Waals surface area contributed by atoms with Gasteiger partial charge in [-0.05, 0) is 27.6 Å². The second-order valence-electron chi connectivity index (χ2n) is 4.41. The number of hydrogen-bond donors (Lipinski definition) is 1. The highest BCUT2D eigenvalue weighted by Gasteiger charge is 2.27. The molecule has 0 aliphatic rings. The maximum absolute atomic E-state index is 12.6. The highest BCUT2D eigenvalue weighted by Crippen LogP contribution is 2.29. The number of benzene rings is 1. The number of sulfonamides is 1. The standard InChI is InChI=1S/C13H14Br2N2O3S/c1-17(8-9-4-2-3-5-11(9)14)21(18,19)12-6-10(7-16)20-13(12)15/h2-6H,7-8,16H2,1H3. The van der Waals surface area contributed by atoms with E-state index >= 15 is 0 Å². The van der Waals surface area contributed by atoms with Crippen molar-refractivity contribution in [3.63, 3.8) is 0 Å². The maximum Gasteiger partial charge on any atom is 0.247 e. The summed E-state index contributed by atoms with van der Waals surface area (Å²) >= 11 is 6.54. The van der Waals surface area contributed by atoms with Crippen LogP contribution in [-0.4, -0.2) is 19.8 Å². The van der Waals surface area contributed by atoms with Crippen LogP contribution in [0, 0.1) is 0 Å². The van der Waals surface area contributed by atoms with Crippen molar-refractivity contribution in [3.05, 3.63) is 50.8 Å². The number of nitrogens with two attached hydrogens (primary N) is 1. The molecule has 1 heterocycles. The zero-order valence-corrected chi connectivity index (χ0v) is 15.2. The highest BCUT2D eigenvalue weighted by atomic mass is 79.9. The van der Waals surface area contributed by atoms with Gasteiger partial charge in [0.05, 0.1) is 6.54 Å². The van der Waals surface area contributed by atoms with Gasteiger partial charge >= 0.3 is 0 Å². The molecule has 2 rings (SSSR count). The SMILES string of the molecule is CN(Cc1ccccc1Br)S(=O)(=O)c1cc(CN)oc1Br. The second kappa shape index (κ2) is 6.62. The average Bonchev–Trinajstić information content (AvgIpc) is 2.83. The Hall–Kier alpha value is -0.670. The first-order chi connectivity index (χ1) is 9.86. The van der Waals surface area contributed by atoms with Crippen LogP contribution in [0.25, 0.3) is 0 Å². The van der Waals surface area contributed by atoms with E-state index in [0.29, 0.717) is 5.76 Å². The summed E-state index contributed by atoms with van der Waals surface area (Å²) in [6.45, 7) is 0.390. The minimum Gasteiger partial charge on any atom is -0.452 e. The van der Waals surface area contributed by atoms with E-state index in [1.807, 2.05) is 24.3 Å².